The van der Waals surface area contributed by atoms with E-state index < -0.39 is 5.82 Å². The van der Waals surface area contributed by atoms with Crippen LogP contribution in [0.3, 0.4) is 0 Å². The van der Waals surface area contributed by atoms with Crippen LogP contribution in [-0.4, -0.2) is 24.7 Å². The summed E-state index contributed by atoms with van der Waals surface area (Å²) in [6.45, 7) is 0. The Morgan fingerprint density at radius 2 is 2.16 bits per heavy atom. The molecule has 0 spiro atoms. The number of nitrogens with one attached hydrogen (secondary N) is 2. The molecule has 0 bridgehead atoms. The van der Waals surface area contributed by atoms with Gasteiger partial charge in [0.15, 0.2) is 11.6 Å². The Hall–Kier alpha value is -2.80. The van der Waals surface area contributed by atoms with Crippen molar-refractivity contribution in [1.82, 2.24) is 0 Å². The van der Waals surface area contributed by atoms with Crippen LogP contribution in [0, 0.1) is 5.82 Å². The third-order valence-electron chi connectivity index (χ3n) is 3.48. The zero-order valence-electron chi connectivity index (χ0n) is 13.3. The van der Waals surface area contributed by atoms with Gasteiger partial charge in [0.1, 0.15) is 0 Å². The average Bonchev–Trinajstić information content (AvgIpc) is 2.59. The SMILES string of the molecule is COc1ccc(C=CC(=O)Nc2ccc3c(c2)NC(=O)CS3)cc1F. The molecule has 2 N–H and O–H groups in total. The van der Waals surface area contributed by atoms with Crippen LogP contribution in [-0.2, 0) is 9.59 Å². The third-order valence-corrected chi connectivity index (χ3v) is 4.56. The molecule has 0 aromatic heterocycles. The van der Waals surface area contributed by atoms with Crippen molar-refractivity contribution in [3.63, 3.8) is 0 Å². The first-order valence-electron chi connectivity index (χ1n) is 7.44. The predicted molar refractivity (Wildman–Crippen MR) is 96.4 cm³/mol. The van der Waals surface area contributed by atoms with Crippen molar-refractivity contribution in [2.45, 2.75) is 4.90 Å². The molecular weight excluding hydrogens is 343 g/mol. The fourth-order valence-corrected chi connectivity index (χ4v) is 3.09. The van der Waals surface area contributed by atoms with Gasteiger partial charge in [-0.25, -0.2) is 4.39 Å². The molecule has 0 fully saturated rings. The van der Waals surface area contributed by atoms with Crippen LogP contribution in [0.2, 0.25) is 0 Å². The van der Waals surface area contributed by atoms with Gasteiger partial charge in [-0.15, -0.1) is 11.8 Å². The highest BCUT2D eigenvalue weighted by atomic mass is 32.2. The van der Waals surface area contributed by atoms with Gasteiger partial charge in [0.25, 0.3) is 0 Å². The second-order valence-corrected chi connectivity index (χ2v) is 6.28. The molecule has 5 nitrogen and oxygen atoms in total. The second kappa shape index (κ2) is 7.40. The first kappa shape index (κ1) is 17.0. The van der Waals surface area contributed by atoms with Gasteiger partial charge in [-0.2, -0.15) is 0 Å². The standard InChI is InChI=1S/C18H15FN2O3S/c1-24-15-5-2-11(8-13(15)19)3-7-17(22)20-12-4-6-16-14(9-12)21-18(23)10-25-16/h2-9H,10H2,1H3,(H,20,22)(H,21,23). The number of hydrogen-bond donors (Lipinski definition) is 2. The number of methoxy groups -OCH3 is 1. The van der Waals surface area contributed by atoms with Gasteiger partial charge in [0.2, 0.25) is 11.8 Å². The molecule has 0 unspecified atom stereocenters. The van der Waals surface area contributed by atoms with E-state index in [4.69, 9.17) is 4.74 Å². The molecule has 0 saturated heterocycles. The van der Waals surface area contributed by atoms with E-state index in [0.29, 0.717) is 22.7 Å². The quantitative estimate of drug-likeness (QED) is 0.821. The number of rotatable bonds is 4. The molecule has 2 amide bonds. The number of hydrogen-bond acceptors (Lipinski definition) is 4. The molecule has 0 saturated carbocycles. The summed E-state index contributed by atoms with van der Waals surface area (Å²) in [6.07, 6.45) is 2.82. The van der Waals surface area contributed by atoms with Crippen LogP contribution >= 0.6 is 11.8 Å². The van der Waals surface area contributed by atoms with Crippen molar-refractivity contribution in [1.29, 1.82) is 0 Å². The number of ether oxygens (including phenoxy) is 1. The van der Waals surface area contributed by atoms with Gasteiger partial charge < -0.3 is 15.4 Å². The smallest absolute Gasteiger partial charge is 0.248 e. The molecule has 0 radical (unpaired) electrons. The van der Waals surface area contributed by atoms with E-state index >= 15 is 0 Å². The number of carbonyl (C=O) groups is 2. The van der Waals surface area contributed by atoms with Crippen molar-refractivity contribution < 1.29 is 18.7 Å². The summed E-state index contributed by atoms with van der Waals surface area (Å²) in [5, 5.41) is 5.48. The topological polar surface area (TPSA) is 67.4 Å². The van der Waals surface area contributed by atoms with E-state index in [0.717, 1.165) is 4.90 Å². The summed E-state index contributed by atoms with van der Waals surface area (Å²) in [4.78, 5) is 24.4. The van der Waals surface area contributed by atoms with Gasteiger partial charge in [-0.05, 0) is 42.0 Å². The Morgan fingerprint density at radius 1 is 1.32 bits per heavy atom. The van der Waals surface area contributed by atoms with E-state index in [-0.39, 0.29) is 17.6 Å². The number of thioether (sulfide) groups is 1. The van der Waals surface area contributed by atoms with Crippen molar-refractivity contribution in [3.05, 3.63) is 53.9 Å². The monoisotopic (exact) mass is 358 g/mol. The predicted octanol–water partition coefficient (Wildman–Crippen LogP) is 3.53. The summed E-state index contributed by atoms with van der Waals surface area (Å²) in [5.41, 5.74) is 1.79. The van der Waals surface area contributed by atoms with Crippen LogP contribution in [0.4, 0.5) is 15.8 Å². The zero-order chi connectivity index (χ0) is 17.8. The van der Waals surface area contributed by atoms with Gasteiger partial charge in [-0.3, -0.25) is 9.59 Å². The maximum Gasteiger partial charge on any atom is 0.248 e. The Labute approximate surface area is 148 Å². The van der Waals surface area contributed by atoms with E-state index in [1.54, 1.807) is 18.2 Å². The molecule has 128 valence electrons. The van der Waals surface area contributed by atoms with Crippen LogP contribution in [0.5, 0.6) is 5.75 Å². The fraction of sp³-hybridized carbons (Fsp3) is 0.111. The highest BCUT2D eigenvalue weighted by molar-refractivity contribution is 8.00. The largest absolute Gasteiger partial charge is 0.494 e. The van der Waals surface area contributed by atoms with Crippen molar-refractivity contribution in [2.24, 2.45) is 0 Å². The highest BCUT2D eigenvalue weighted by Crippen LogP contribution is 2.33. The van der Waals surface area contributed by atoms with Gasteiger partial charge in [0, 0.05) is 16.7 Å². The minimum absolute atomic E-state index is 0.0672. The number of fused-ring (bicyclic) bond motifs is 1. The molecule has 1 aliphatic rings. The zero-order valence-corrected chi connectivity index (χ0v) is 14.2. The van der Waals surface area contributed by atoms with Crippen molar-refractivity contribution in [2.75, 3.05) is 23.5 Å². The Morgan fingerprint density at radius 3 is 2.92 bits per heavy atom. The first-order valence-corrected chi connectivity index (χ1v) is 8.43. The summed E-state index contributed by atoms with van der Waals surface area (Å²) in [7, 11) is 1.39. The van der Waals surface area contributed by atoms with Crippen LogP contribution < -0.4 is 15.4 Å². The number of anilines is 2. The number of amides is 2. The Kier molecular flexibility index (Phi) is 5.04. The van der Waals surface area contributed by atoms with Gasteiger partial charge in [0.05, 0.1) is 18.6 Å². The van der Waals surface area contributed by atoms with E-state index in [1.165, 1.54) is 43.2 Å². The first-order chi connectivity index (χ1) is 12.0. The molecule has 1 aliphatic heterocycles. The average molecular weight is 358 g/mol. The summed E-state index contributed by atoms with van der Waals surface area (Å²) < 4.78 is 18.5. The van der Waals surface area contributed by atoms with Gasteiger partial charge in [-0.1, -0.05) is 6.07 Å². The number of benzene rings is 2. The van der Waals surface area contributed by atoms with E-state index in [1.807, 2.05) is 6.07 Å². The molecule has 3 rings (SSSR count). The molecule has 1 heterocycles. The highest BCUT2D eigenvalue weighted by Gasteiger charge is 2.15. The van der Waals surface area contributed by atoms with Gasteiger partial charge >= 0.3 is 0 Å². The normalized spacial score (nSPS) is 13.3. The summed E-state index contributed by atoms with van der Waals surface area (Å²) in [5.74, 6) is -0.378. The lowest BCUT2D eigenvalue weighted by Gasteiger charge is -2.17. The maximum atomic E-state index is 13.6. The molecule has 0 aliphatic carbocycles. The Bertz CT molecular complexity index is 867. The molecule has 0 atom stereocenters. The third kappa shape index (κ3) is 4.19. The Balaban J connectivity index is 1.67. The lowest BCUT2D eigenvalue weighted by molar-refractivity contribution is -0.114. The maximum absolute atomic E-state index is 13.6. The lowest BCUT2D eigenvalue weighted by atomic mass is 10.2. The molecule has 2 aromatic rings. The number of carbonyl (C=O) groups excluding carboxylic acids is 2. The minimum Gasteiger partial charge on any atom is -0.494 e. The number of halogens is 1. The summed E-state index contributed by atoms with van der Waals surface area (Å²) in [6, 6.07) is 9.75. The van der Waals surface area contributed by atoms with Crippen molar-refractivity contribution >= 4 is 41.0 Å². The minimum atomic E-state index is -0.493. The molecule has 2 aromatic carbocycles. The second-order valence-electron chi connectivity index (χ2n) is 5.26. The molecule has 7 heteroatoms. The molecular formula is C18H15FN2O3S. The van der Waals surface area contributed by atoms with Crippen molar-refractivity contribution in [3.8, 4) is 5.75 Å². The fourth-order valence-electron chi connectivity index (χ4n) is 2.30. The van der Waals surface area contributed by atoms with Crippen LogP contribution in [0.15, 0.2) is 47.4 Å². The molecule has 25 heavy (non-hydrogen) atoms. The van der Waals surface area contributed by atoms with E-state index in [9.17, 15) is 14.0 Å². The lowest BCUT2D eigenvalue weighted by Crippen LogP contribution is -2.19. The van der Waals surface area contributed by atoms with E-state index in [2.05, 4.69) is 10.6 Å². The van der Waals surface area contributed by atoms with Crippen LogP contribution in [0.1, 0.15) is 5.56 Å². The summed E-state index contributed by atoms with van der Waals surface area (Å²) >= 11 is 1.45. The van der Waals surface area contributed by atoms with Crippen LogP contribution in [0.25, 0.3) is 6.08 Å².